The number of hydrogen-bond donors (Lipinski definition) is 0. The number of hydrogen-bond acceptors (Lipinski definition) is 3. The molecule has 4 rings (SSSR count). The van der Waals surface area contributed by atoms with E-state index in [9.17, 15) is 14.9 Å². The number of nitrogens with zero attached hydrogens (tertiary/aromatic N) is 1. The van der Waals surface area contributed by atoms with Crippen LogP contribution < -0.4 is 0 Å². The minimum atomic E-state index is -0.655. The molecule has 1 aromatic rings. The van der Waals surface area contributed by atoms with Crippen LogP contribution in [0.3, 0.4) is 0 Å². The molecule has 0 unspecified atom stereocenters. The highest BCUT2D eigenvalue weighted by Gasteiger charge is 2.61. The summed E-state index contributed by atoms with van der Waals surface area (Å²) in [5.41, 5.74) is 0.779. The number of Topliss-reactive ketones (excluding diaryl/α,β-unsaturated/α-hetero) is 1. The maximum atomic E-state index is 12.3. The molecular formula is C16H18BrNO3. The number of carbonyl (C=O) groups excluding carboxylic acids is 1. The van der Waals surface area contributed by atoms with Crippen LogP contribution in [0.2, 0.25) is 0 Å². The van der Waals surface area contributed by atoms with Gasteiger partial charge in [0, 0.05) is 27.7 Å². The number of nitro groups is 1. The molecule has 0 heterocycles. The van der Waals surface area contributed by atoms with Gasteiger partial charge in [-0.2, -0.15) is 0 Å². The highest BCUT2D eigenvalue weighted by Crippen LogP contribution is 2.57. The molecule has 0 amide bonds. The van der Waals surface area contributed by atoms with Gasteiger partial charge in [0.2, 0.25) is 6.04 Å². The van der Waals surface area contributed by atoms with E-state index in [0.717, 1.165) is 16.5 Å². The van der Waals surface area contributed by atoms with Crippen LogP contribution in [-0.4, -0.2) is 16.7 Å². The number of rotatable bonds is 2. The summed E-state index contributed by atoms with van der Waals surface area (Å²) in [4.78, 5) is 23.8. The topological polar surface area (TPSA) is 60.2 Å². The van der Waals surface area contributed by atoms with Gasteiger partial charge in [-0.25, -0.2) is 0 Å². The van der Waals surface area contributed by atoms with Crippen molar-refractivity contribution in [1.82, 2.24) is 0 Å². The van der Waals surface area contributed by atoms with Crippen LogP contribution in [-0.2, 0) is 4.79 Å². The lowest BCUT2D eigenvalue weighted by atomic mass is 9.50. The van der Waals surface area contributed by atoms with Crippen LogP contribution in [0.15, 0.2) is 28.7 Å². The average molecular weight is 352 g/mol. The minimum Gasteiger partial charge on any atom is -0.299 e. The normalized spacial score (nSPS) is 34.0. The molecule has 1 aromatic carbocycles. The van der Waals surface area contributed by atoms with E-state index in [1.807, 2.05) is 24.3 Å². The van der Waals surface area contributed by atoms with Crippen molar-refractivity contribution < 1.29 is 9.72 Å². The van der Waals surface area contributed by atoms with Crippen molar-refractivity contribution in [3.05, 3.63) is 44.4 Å². The molecule has 0 radical (unpaired) electrons. The van der Waals surface area contributed by atoms with Crippen molar-refractivity contribution in [2.45, 2.75) is 38.6 Å². The van der Waals surface area contributed by atoms with Crippen molar-refractivity contribution in [1.29, 1.82) is 0 Å². The Morgan fingerprint density at radius 2 is 1.90 bits per heavy atom. The number of carbonyl (C=O) groups is 1. The Balaban J connectivity index is 2.07. The monoisotopic (exact) mass is 351 g/mol. The van der Waals surface area contributed by atoms with E-state index in [2.05, 4.69) is 29.8 Å². The van der Waals surface area contributed by atoms with Gasteiger partial charge in [0.1, 0.15) is 5.78 Å². The zero-order valence-corrected chi connectivity index (χ0v) is 13.7. The lowest BCUT2D eigenvalue weighted by Gasteiger charge is -2.51. The van der Waals surface area contributed by atoms with E-state index in [0.29, 0.717) is 6.42 Å². The SMILES string of the molecule is CC1(C)C[C@@H]2C(=O)C[C@H]1[C@H]([N+](=O)[O-])[C@H]2c1ccc(Br)cc1. The van der Waals surface area contributed by atoms with E-state index >= 15 is 0 Å². The zero-order chi connectivity index (χ0) is 15.4. The second kappa shape index (κ2) is 4.90. The molecule has 4 nitrogen and oxygen atoms in total. The van der Waals surface area contributed by atoms with Crippen LogP contribution in [0, 0.1) is 27.4 Å². The first-order valence-electron chi connectivity index (χ1n) is 7.23. The first-order chi connectivity index (χ1) is 9.81. The molecule has 21 heavy (non-hydrogen) atoms. The van der Waals surface area contributed by atoms with Gasteiger partial charge < -0.3 is 0 Å². The van der Waals surface area contributed by atoms with E-state index in [1.165, 1.54) is 0 Å². The van der Waals surface area contributed by atoms with E-state index in [4.69, 9.17) is 0 Å². The van der Waals surface area contributed by atoms with Gasteiger partial charge in [0.15, 0.2) is 0 Å². The van der Waals surface area contributed by atoms with Crippen LogP contribution in [0.4, 0.5) is 0 Å². The maximum absolute atomic E-state index is 12.3. The predicted octanol–water partition coefficient (Wildman–Crippen LogP) is 3.81. The van der Waals surface area contributed by atoms with Gasteiger partial charge in [-0.15, -0.1) is 0 Å². The smallest absolute Gasteiger partial charge is 0.224 e. The lowest BCUT2D eigenvalue weighted by molar-refractivity contribution is -0.547. The Kier molecular flexibility index (Phi) is 3.43. The van der Waals surface area contributed by atoms with E-state index in [1.54, 1.807) is 0 Å². The highest BCUT2D eigenvalue weighted by molar-refractivity contribution is 9.10. The van der Waals surface area contributed by atoms with Gasteiger partial charge in [0.25, 0.3) is 0 Å². The van der Waals surface area contributed by atoms with Crippen LogP contribution in [0.25, 0.3) is 0 Å². The van der Waals surface area contributed by atoms with Crippen LogP contribution >= 0.6 is 15.9 Å². The van der Waals surface area contributed by atoms with Crippen molar-refractivity contribution in [3.63, 3.8) is 0 Å². The van der Waals surface area contributed by atoms with Gasteiger partial charge in [-0.1, -0.05) is 41.9 Å². The molecule has 3 fully saturated rings. The van der Waals surface area contributed by atoms with Gasteiger partial charge in [-0.3, -0.25) is 14.9 Å². The first-order valence-corrected chi connectivity index (χ1v) is 8.02. The van der Waals surface area contributed by atoms with Gasteiger partial charge in [0.05, 0.1) is 5.92 Å². The zero-order valence-electron chi connectivity index (χ0n) is 12.1. The third-order valence-electron chi connectivity index (χ3n) is 5.30. The fourth-order valence-electron chi connectivity index (χ4n) is 4.27. The molecule has 0 spiro atoms. The fourth-order valence-corrected chi connectivity index (χ4v) is 4.53. The summed E-state index contributed by atoms with van der Waals surface area (Å²) in [7, 11) is 0. The molecule has 0 saturated heterocycles. The summed E-state index contributed by atoms with van der Waals surface area (Å²) in [6, 6.07) is 6.95. The van der Waals surface area contributed by atoms with Crippen LogP contribution in [0.1, 0.15) is 38.2 Å². The summed E-state index contributed by atoms with van der Waals surface area (Å²) in [5.74, 6) is -0.474. The van der Waals surface area contributed by atoms with Crippen molar-refractivity contribution in [2.24, 2.45) is 17.3 Å². The van der Waals surface area contributed by atoms with Crippen LogP contribution in [0.5, 0.6) is 0 Å². The minimum absolute atomic E-state index is 0.137. The molecule has 3 aliphatic carbocycles. The Bertz CT molecular complexity index is 596. The Labute approximate surface area is 132 Å². The van der Waals surface area contributed by atoms with Gasteiger partial charge in [-0.05, 0) is 29.5 Å². The summed E-state index contributed by atoms with van der Waals surface area (Å²) < 4.78 is 0.941. The molecule has 0 aliphatic heterocycles. The maximum Gasteiger partial charge on any atom is 0.224 e. The third-order valence-corrected chi connectivity index (χ3v) is 5.83. The second-order valence-electron chi connectivity index (χ2n) is 6.93. The number of ketones is 1. The number of fused-ring (bicyclic) bond motifs is 3. The summed E-state index contributed by atoms with van der Waals surface area (Å²) in [6.45, 7) is 4.12. The Hall–Kier alpha value is -1.23. The molecule has 5 heteroatoms. The first kappa shape index (κ1) is 14.7. The van der Waals surface area contributed by atoms with Crippen molar-refractivity contribution in [3.8, 4) is 0 Å². The predicted molar refractivity (Wildman–Crippen MR) is 82.7 cm³/mol. The molecular weight excluding hydrogens is 334 g/mol. The molecule has 3 aliphatic rings. The third kappa shape index (κ3) is 2.31. The van der Waals surface area contributed by atoms with E-state index < -0.39 is 6.04 Å². The molecule has 112 valence electrons. The second-order valence-corrected chi connectivity index (χ2v) is 7.85. The average Bonchev–Trinajstić information content (AvgIpc) is 2.40. The molecule has 3 saturated carbocycles. The number of halogens is 1. The summed E-state index contributed by atoms with van der Waals surface area (Å²) in [6.07, 6.45) is 1.11. The van der Waals surface area contributed by atoms with E-state index in [-0.39, 0.29) is 33.9 Å². The van der Waals surface area contributed by atoms with Crippen molar-refractivity contribution in [2.75, 3.05) is 0 Å². The van der Waals surface area contributed by atoms with Gasteiger partial charge >= 0.3 is 0 Å². The lowest BCUT2D eigenvalue weighted by Crippen LogP contribution is -2.57. The quantitative estimate of drug-likeness (QED) is 0.601. The standard InChI is InChI=1S/C16H18BrNO3/c1-16(2)8-11-13(19)7-12(16)15(18(20)21)14(11)9-3-5-10(17)6-4-9/h3-6,11-12,14-15H,7-8H2,1-2H3/t11-,12+,14+,15+/m1/s1. The number of benzene rings is 1. The molecule has 4 atom stereocenters. The Morgan fingerprint density at radius 1 is 1.29 bits per heavy atom. The Morgan fingerprint density at radius 3 is 2.48 bits per heavy atom. The molecule has 0 N–H and O–H groups in total. The molecule has 0 aromatic heterocycles. The summed E-state index contributed by atoms with van der Waals surface area (Å²) >= 11 is 3.38. The summed E-state index contributed by atoms with van der Waals surface area (Å²) in [5, 5.41) is 11.7. The van der Waals surface area contributed by atoms with Crippen molar-refractivity contribution >= 4 is 21.7 Å². The molecule has 2 bridgehead atoms. The fraction of sp³-hybridized carbons (Fsp3) is 0.562. The highest BCUT2D eigenvalue weighted by atomic mass is 79.9. The largest absolute Gasteiger partial charge is 0.299 e.